The van der Waals surface area contributed by atoms with Crippen molar-refractivity contribution < 1.29 is 36.3 Å². The maximum absolute atomic E-state index is 12.6. The van der Waals surface area contributed by atoms with Crippen LogP contribution in [0.5, 0.6) is 0 Å². The van der Waals surface area contributed by atoms with Crippen molar-refractivity contribution in [3.05, 3.63) is 58.6 Å². The lowest BCUT2D eigenvalue weighted by Crippen LogP contribution is -2.23. The maximum Gasteiger partial charge on any atom is 0.416 e. The summed E-state index contributed by atoms with van der Waals surface area (Å²) in [5.74, 6) is -3.33. The zero-order valence-corrected chi connectivity index (χ0v) is 14.8. The van der Waals surface area contributed by atoms with Crippen molar-refractivity contribution in [2.24, 2.45) is 0 Å². The summed E-state index contributed by atoms with van der Waals surface area (Å²) in [6.45, 7) is 0. The van der Waals surface area contributed by atoms with Crippen molar-refractivity contribution in [1.29, 1.82) is 0 Å². The number of rotatable bonds is 5. The summed E-state index contributed by atoms with van der Waals surface area (Å²) in [5.41, 5.74) is -1.20. The Hall–Kier alpha value is -2.59. The Morgan fingerprint density at radius 1 is 1.11 bits per heavy atom. The van der Waals surface area contributed by atoms with Crippen LogP contribution in [0.3, 0.4) is 0 Å². The van der Waals surface area contributed by atoms with Crippen LogP contribution >= 0.6 is 11.6 Å². The van der Waals surface area contributed by atoms with Gasteiger partial charge in [0.15, 0.2) is 9.84 Å². The van der Waals surface area contributed by atoms with E-state index >= 15 is 0 Å². The molecule has 6 nitrogen and oxygen atoms in total. The molecule has 1 amide bonds. The van der Waals surface area contributed by atoms with Gasteiger partial charge in [-0.05, 0) is 36.4 Å². The smallest absolute Gasteiger partial charge is 0.416 e. The van der Waals surface area contributed by atoms with Gasteiger partial charge >= 0.3 is 12.1 Å². The molecular weight excluding hydrogens is 411 g/mol. The summed E-state index contributed by atoms with van der Waals surface area (Å²) < 4.78 is 62.4. The van der Waals surface area contributed by atoms with E-state index in [0.29, 0.717) is 18.2 Å². The van der Waals surface area contributed by atoms with Crippen LogP contribution in [0.2, 0.25) is 5.02 Å². The largest absolute Gasteiger partial charge is 0.478 e. The van der Waals surface area contributed by atoms with E-state index in [1.807, 2.05) is 0 Å². The number of benzene rings is 2. The molecule has 0 unspecified atom stereocenters. The SMILES string of the molecule is O=C(CS(=O)(=O)c1ccc(C(F)(F)F)cc1Cl)Nc1cccc(C(=O)O)c1. The van der Waals surface area contributed by atoms with E-state index in [1.165, 1.54) is 18.2 Å². The van der Waals surface area contributed by atoms with Gasteiger partial charge in [-0.1, -0.05) is 17.7 Å². The van der Waals surface area contributed by atoms with E-state index in [9.17, 15) is 31.2 Å². The number of hydrogen-bond acceptors (Lipinski definition) is 4. The van der Waals surface area contributed by atoms with E-state index in [1.54, 1.807) is 0 Å². The molecule has 2 aromatic rings. The Bertz CT molecular complexity index is 1010. The molecule has 0 spiro atoms. The second-order valence-electron chi connectivity index (χ2n) is 5.34. The summed E-state index contributed by atoms with van der Waals surface area (Å²) >= 11 is 5.64. The van der Waals surface area contributed by atoms with Crippen LogP contribution < -0.4 is 5.32 Å². The molecule has 2 rings (SSSR count). The first-order valence-corrected chi connectivity index (χ1v) is 9.16. The summed E-state index contributed by atoms with van der Waals surface area (Å²) in [4.78, 5) is 22.2. The van der Waals surface area contributed by atoms with E-state index in [4.69, 9.17) is 16.7 Å². The van der Waals surface area contributed by atoms with Gasteiger partial charge in [0.25, 0.3) is 0 Å². The third-order valence-electron chi connectivity index (χ3n) is 3.31. The predicted molar refractivity (Wildman–Crippen MR) is 90.5 cm³/mol. The number of carbonyl (C=O) groups is 2. The first-order chi connectivity index (χ1) is 12.4. The average molecular weight is 422 g/mol. The van der Waals surface area contributed by atoms with Gasteiger partial charge in [0.1, 0.15) is 5.75 Å². The van der Waals surface area contributed by atoms with Crippen LogP contribution in [0.25, 0.3) is 0 Å². The number of anilines is 1. The fourth-order valence-corrected chi connectivity index (χ4v) is 3.84. The Labute approximate surface area is 156 Å². The van der Waals surface area contributed by atoms with E-state index in [-0.39, 0.29) is 11.3 Å². The minimum absolute atomic E-state index is 0.0496. The standard InChI is InChI=1S/C16H11ClF3NO5S/c17-12-7-10(16(18,19)20)4-5-13(12)27(25,26)8-14(22)21-11-3-1-2-9(6-11)15(23)24/h1-7H,8H2,(H,21,22)(H,23,24). The summed E-state index contributed by atoms with van der Waals surface area (Å²) in [6.07, 6.45) is -4.70. The summed E-state index contributed by atoms with van der Waals surface area (Å²) in [5, 5.41) is 10.4. The van der Waals surface area contributed by atoms with Gasteiger partial charge in [0.05, 0.1) is 21.0 Å². The van der Waals surface area contributed by atoms with Gasteiger partial charge in [-0.3, -0.25) is 4.79 Å². The van der Waals surface area contributed by atoms with Gasteiger partial charge < -0.3 is 10.4 Å². The van der Waals surface area contributed by atoms with Crippen molar-refractivity contribution in [2.75, 3.05) is 11.1 Å². The zero-order valence-electron chi connectivity index (χ0n) is 13.2. The maximum atomic E-state index is 12.6. The number of carbonyl (C=O) groups excluding carboxylic acids is 1. The monoisotopic (exact) mass is 421 g/mol. The molecule has 0 aliphatic heterocycles. The normalized spacial score (nSPS) is 11.9. The first-order valence-electron chi connectivity index (χ1n) is 7.13. The van der Waals surface area contributed by atoms with Crippen molar-refractivity contribution >= 4 is 39.0 Å². The minimum atomic E-state index is -4.70. The van der Waals surface area contributed by atoms with Crippen LogP contribution in [0.15, 0.2) is 47.4 Å². The van der Waals surface area contributed by atoms with Gasteiger partial charge in [0.2, 0.25) is 5.91 Å². The van der Waals surface area contributed by atoms with Crippen molar-refractivity contribution in [1.82, 2.24) is 0 Å². The molecule has 144 valence electrons. The van der Waals surface area contributed by atoms with Gasteiger partial charge in [-0.15, -0.1) is 0 Å². The summed E-state index contributed by atoms with van der Waals surface area (Å²) in [7, 11) is -4.33. The van der Waals surface area contributed by atoms with E-state index in [0.717, 1.165) is 6.07 Å². The highest BCUT2D eigenvalue weighted by Gasteiger charge is 2.32. The van der Waals surface area contributed by atoms with Crippen molar-refractivity contribution in [3.8, 4) is 0 Å². The molecule has 0 saturated carbocycles. The molecule has 0 aliphatic rings. The minimum Gasteiger partial charge on any atom is -0.478 e. The fraction of sp³-hybridized carbons (Fsp3) is 0.125. The molecule has 0 atom stereocenters. The van der Waals surface area contributed by atoms with Gasteiger partial charge in [-0.2, -0.15) is 13.2 Å². The molecule has 11 heteroatoms. The van der Waals surface area contributed by atoms with Crippen LogP contribution in [-0.2, 0) is 20.8 Å². The van der Waals surface area contributed by atoms with Gasteiger partial charge in [-0.25, -0.2) is 13.2 Å². The molecule has 0 fully saturated rings. The number of carboxylic acid groups (broad SMARTS) is 1. The lowest BCUT2D eigenvalue weighted by atomic mass is 10.2. The number of alkyl halides is 3. The van der Waals surface area contributed by atoms with Gasteiger partial charge in [0, 0.05) is 5.69 Å². The molecule has 2 aromatic carbocycles. The number of aromatic carboxylic acids is 1. The third kappa shape index (κ3) is 5.20. The second-order valence-corrected chi connectivity index (χ2v) is 7.70. The highest BCUT2D eigenvalue weighted by molar-refractivity contribution is 7.92. The number of carboxylic acids is 1. The second kappa shape index (κ2) is 7.57. The number of amides is 1. The Morgan fingerprint density at radius 2 is 1.78 bits per heavy atom. The Balaban J connectivity index is 2.20. The summed E-state index contributed by atoms with van der Waals surface area (Å²) in [6, 6.07) is 6.78. The van der Waals surface area contributed by atoms with Crippen molar-refractivity contribution in [2.45, 2.75) is 11.1 Å². The molecule has 0 saturated heterocycles. The highest BCUT2D eigenvalue weighted by Crippen LogP contribution is 2.33. The molecular formula is C16H11ClF3NO5S. The molecule has 0 heterocycles. The predicted octanol–water partition coefficient (Wildman–Crippen LogP) is 3.47. The molecule has 0 aromatic heterocycles. The lowest BCUT2D eigenvalue weighted by Gasteiger charge is -2.11. The number of nitrogens with one attached hydrogen (secondary N) is 1. The van der Waals surface area contributed by atoms with E-state index < -0.39 is 49.1 Å². The number of sulfone groups is 1. The van der Waals surface area contributed by atoms with Crippen molar-refractivity contribution in [3.63, 3.8) is 0 Å². The van der Waals surface area contributed by atoms with E-state index in [2.05, 4.69) is 5.32 Å². The quantitative estimate of drug-likeness (QED) is 0.770. The first kappa shape index (κ1) is 20.7. The topological polar surface area (TPSA) is 101 Å². The molecule has 2 N–H and O–H groups in total. The van der Waals surface area contributed by atoms with Crippen LogP contribution in [-0.4, -0.2) is 31.2 Å². The Morgan fingerprint density at radius 3 is 2.33 bits per heavy atom. The fourth-order valence-electron chi connectivity index (χ4n) is 2.11. The zero-order chi connectivity index (χ0) is 20.4. The molecule has 0 bridgehead atoms. The number of halogens is 4. The third-order valence-corrected chi connectivity index (χ3v) is 5.40. The molecule has 0 aliphatic carbocycles. The Kier molecular flexibility index (Phi) is 5.81. The van der Waals surface area contributed by atoms with Crippen LogP contribution in [0.4, 0.5) is 18.9 Å². The molecule has 27 heavy (non-hydrogen) atoms. The average Bonchev–Trinajstić information content (AvgIpc) is 2.53. The highest BCUT2D eigenvalue weighted by atomic mass is 35.5. The van der Waals surface area contributed by atoms with Crippen LogP contribution in [0, 0.1) is 0 Å². The number of hydrogen-bond donors (Lipinski definition) is 2. The molecule has 0 radical (unpaired) electrons. The van der Waals surface area contributed by atoms with Crippen LogP contribution in [0.1, 0.15) is 15.9 Å². The lowest BCUT2D eigenvalue weighted by molar-refractivity contribution is -0.137.